The van der Waals surface area contributed by atoms with Gasteiger partial charge in [0.15, 0.2) is 0 Å². The molecule has 0 aliphatic heterocycles. The van der Waals surface area contributed by atoms with E-state index >= 15 is 0 Å². The van der Waals surface area contributed by atoms with E-state index in [0.29, 0.717) is 6.10 Å². The van der Waals surface area contributed by atoms with Gasteiger partial charge in [0.2, 0.25) is 0 Å². The number of ether oxygens (including phenoxy) is 1. The minimum absolute atomic E-state index is 0.261. The summed E-state index contributed by atoms with van der Waals surface area (Å²) in [6.07, 6.45) is 12.1. The Kier molecular flexibility index (Phi) is 8.99. The summed E-state index contributed by atoms with van der Waals surface area (Å²) in [5.41, 5.74) is 8.56. The number of rotatable bonds is 9. The molecule has 1 atom stereocenters. The second-order valence-electron chi connectivity index (χ2n) is 5.20. The number of hydrogen-bond acceptors (Lipinski definition) is 2. The van der Waals surface area contributed by atoms with Crippen LogP contribution in [0.1, 0.15) is 52.4 Å². The Hall–Kier alpha value is 0.130. The van der Waals surface area contributed by atoms with Crippen molar-refractivity contribution in [1.29, 1.82) is 0 Å². The molecular formula is C16H28INO. The fourth-order valence-electron chi connectivity index (χ4n) is 2.60. The van der Waals surface area contributed by atoms with E-state index in [-0.39, 0.29) is 6.10 Å². The van der Waals surface area contributed by atoms with Crippen LogP contribution in [0.2, 0.25) is 0 Å². The lowest BCUT2D eigenvalue weighted by atomic mass is 9.94. The highest BCUT2D eigenvalue weighted by Crippen LogP contribution is 2.26. The molecule has 0 fully saturated rings. The van der Waals surface area contributed by atoms with Gasteiger partial charge in [0, 0.05) is 4.43 Å². The van der Waals surface area contributed by atoms with Crippen molar-refractivity contribution in [3.8, 4) is 0 Å². The van der Waals surface area contributed by atoms with Crippen molar-refractivity contribution in [2.45, 2.75) is 64.6 Å². The van der Waals surface area contributed by atoms with Gasteiger partial charge in [0.05, 0.1) is 12.2 Å². The fraction of sp³-hybridized carbons (Fsp3) is 0.750. The first-order chi connectivity index (χ1) is 9.24. The zero-order chi connectivity index (χ0) is 14.1. The van der Waals surface area contributed by atoms with Gasteiger partial charge in [-0.15, -0.1) is 0 Å². The summed E-state index contributed by atoms with van der Waals surface area (Å²) in [4.78, 5) is 0. The van der Waals surface area contributed by atoms with Crippen LogP contribution in [0, 0.1) is 0 Å². The molecule has 1 aliphatic rings. The summed E-state index contributed by atoms with van der Waals surface area (Å²) >= 11 is 2.43. The van der Waals surface area contributed by atoms with E-state index in [9.17, 15) is 0 Å². The Morgan fingerprint density at radius 1 is 1.32 bits per heavy atom. The largest absolute Gasteiger partial charge is 0.371 e. The van der Waals surface area contributed by atoms with Crippen molar-refractivity contribution in [2.75, 3.05) is 11.0 Å². The molecule has 0 heterocycles. The molecule has 0 spiro atoms. The second-order valence-corrected chi connectivity index (χ2v) is 5.97. The van der Waals surface area contributed by atoms with Gasteiger partial charge in [0.25, 0.3) is 0 Å². The minimum atomic E-state index is 0.261. The van der Waals surface area contributed by atoms with E-state index in [1.165, 1.54) is 36.8 Å². The van der Waals surface area contributed by atoms with Crippen molar-refractivity contribution in [3.05, 3.63) is 23.3 Å². The molecule has 0 saturated heterocycles. The Morgan fingerprint density at radius 3 is 2.53 bits per heavy atom. The normalized spacial score (nSPS) is 19.5. The lowest BCUT2D eigenvalue weighted by molar-refractivity contribution is 0.00352. The van der Waals surface area contributed by atoms with Crippen molar-refractivity contribution >= 4 is 22.6 Å². The Bertz CT molecular complexity index is 306. The zero-order valence-corrected chi connectivity index (χ0v) is 14.5. The molecule has 0 aromatic carbocycles. The number of hydrogen-bond donors (Lipinski definition) is 1. The zero-order valence-electron chi connectivity index (χ0n) is 12.3. The van der Waals surface area contributed by atoms with E-state index in [1.807, 2.05) is 0 Å². The van der Waals surface area contributed by atoms with Crippen LogP contribution in [0.25, 0.3) is 0 Å². The molecule has 2 N–H and O–H groups in total. The minimum Gasteiger partial charge on any atom is -0.371 e. The highest BCUT2D eigenvalue weighted by molar-refractivity contribution is 14.1. The van der Waals surface area contributed by atoms with Gasteiger partial charge in [-0.3, -0.25) is 0 Å². The molecule has 0 saturated carbocycles. The standard InChI is InChI=1S/C16H28INO/c1-3-5-15(6-4-2)19-16-8-7-14(12-17)13(11-16)9-10-18/h7,11,15-16H,3-6,8-10,12,18H2,1-2H3. The molecule has 0 aromatic rings. The van der Waals surface area contributed by atoms with Crippen LogP contribution in [-0.2, 0) is 4.74 Å². The number of alkyl halides is 1. The lowest BCUT2D eigenvalue weighted by Gasteiger charge is -2.26. The van der Waals surface area contributed by atoms with Gasteiger partial charge < -0.3 is 10.5 Å². The summed E-state index contributed by atoms with van der Waals surface area (Å²) in [5, 5.41) is 0. The van der Waals surface area contributed by atoms with Gasteiger partial charge >= 0.3 is 0 Å². The Labute approximate surface area is 132 Å². The van der Waals surface area contributed by atoms with E-state index in [1.54, 1.807) is 0 Å². The van der Waals surface area contributed by atoms with Crippen molar-refractivity contribution < 1.29 is 4.74 Å². The highest BCUT2D eigenvalue weighted by Gasteiger charge is 2.18. The van der Waals surface area contributed by atoms with E-state index in [4.69, 9.17) is 10.5 Å². The molecule has 19 heavy (non-hydrogen) atoms. The van der Waals surface area contributed by atoms with Gasteiger partial charge in [-0.25, -0.2) is 0 Å². The molecule has 1 aliphatic carbocycles. The molecule has 1 unspecified atom stereocenters. The van der Waals surface area contributed by atoms with E-state index in [0.717, 1.165) is 23.8 Å². The first-order valence-corrected chi connectivity index (χ1v) is 9.09. The predicted octanol–water partition coefficient (Wildman–Crippen LogP) is 4.38. The van der Waals surface area contributed by atoms with Crippen LogP contribution in [0.15, 0.2) is 23.3 Å². The molecule has 110 valence electrons. The number of allylic oxidation sites excluding steroid dienone is 1. The third kappa shape index (κ3) is 5.96. The average molecular weight is 377 g/mol. The third-order valence-corrected chi connectivity index (χ3v) is 4.36. The quantitative estimate of drug-likeness (QED) is 0.478. The lowest BCUT2D eigenvalue weighted by Crippen LogP contribution is -2.23. The molecule has 1 rings (SSSR count). The van der Waals surface area contributed by atoms with Gasteiger partial charge in [-0.05, 0) is 43.4 Å². The number of nitrogens with two attached hydrogens (primary N) is 1. The third-order valence-electron chi connectivity index (χ3n) is 3.54. The Morgan fingerprint density at radius 2 is 2.00 bits per heavy atom. The van der Waals surface area contributed by atoms with Crippen LogP contribution in [0.5, 0.6) is 0 Å². The maximum atomic E-state index is 6.28. The predicted molar refractivity (Wildman–Crippen MR) is 91.8 cm³/mol. The maximum absolute atomic E-state index is 6.28. The first-order valence-electron chi connectivity index (χ1n) is 7.56. The van der Waals surface area contributed by atoms with Gasteiger partial charge in [-0.1, -0.05) is 61.4 Å². The molecule has 2 nitrogen and oxygen atoms in total. The Balaban J connectivity index is 2.61. The smallest absolute Gasteiger partial charge is 0.0799 e. The van der Waals surface area contributed by atoms with Crippen molar-refractivity contribution in [3.63, 3.8) is 0 Å². The molecule has 0 aromatic heterocycles. The molecule has 0 amide bonds. The van der Waals surface area contributed by atoms with Crippen LogP contribution >= 0.6 is 22.6 Å². The van der Waals surface area contributed by atoms with Crippen LogP contribution in [0.3, 0.4) is 0 Å². The van der Waals surface area contributed by atoms with Crippen molar-refractivity contribution in [1.82, 2.24) is 0 Å². The van der Waals surface area contributed by atoms with Crippen molar-refractivity contribution in [2.24, 2.45) is 5.73 Å². The maximum Gasteiger partial charge on any atom is 0.0799 e. The summed E-state index contributed by atoms with van der Waals surface area (Å²) in [7, 11) is 0. The number of halogens is 1. The summed E-state index contributed by atoms with van der Waals surface area (Å²) in [6.45, 7) is 5.19. The summed E-state index contributed by atoms with van der Waals surface area (Å²) in [5.74, 6) is 0. The molecule has 3 heteroatoms. The average Bonchev–Trinajstić information content (AvgIpc) is 2.40. The fourth-order valence-corrected chi connectivity index (χ4v) is 3.40. The second kappa shape index (κ2) is 9.94. The van der Waals surface area contributed by atoms with E-state index in [2.05, 4.69) is 48.6 Å². The molecular weight excluding hydrogens is 349 g/mol. The van der Waals surface area contributed by atoms with Gasteiger partial charge in [0.1, 0.15) is 0 Å². The van der Waals surface area contributed by atoms with Gasteiger partial charge in [-0.2, -0.15) is 0 Å². The monoisotopic (exact) mass is 377 g/mol. The summed E-state index contributed by atoms with van der Waals surface area (Å²) in [6, 6.07) is 0. The van der Waals surface area contributed by atoms with Crippen LogP contribution in [0.4, 0.5) is 0 Å². The van der Waals surface area contributed by atoms with Crippen LogP contribution in [-0.4, -0.2) is 23.2 Å². The van der Waals surface area contributed by atoms with E-state index < -0.39 is 0 Å². The molecule has 0 bridgehead atoms. The highest BCUT2D eigenvalue weighted by atomic mass is 127. The topological polar surface area (TPSA) is 35.2 Å². The SMILES string of the molecule is CCCC(CCC)OC1C=C(CCN)C(CI)=CC1. The first kappa shape index (κ1) is 17.2. The van der Waals surface area contributed by atoms with Crippen LogP contribution < -0.4 is 5.73 Å². The molecule has 0 radical (unpaired) electrons. The summed E-state index contributed by atoms with van der Waals surface area (Å²) < 4.78 is 7.35.